The van der Waals surface area contributed by atoms with Gasteiger partial charge in [0.25, 0.3) is 11.2 Å². The van der Waals surface area contributed by atoms with Gasteiger partial charge in [-0.1, -0.05) is 30.3 Å². The molecular formula is C22H17N3O3. The van der Waals surface area contributed by atoms with Gasteiger partial charge in [0.15, 0.2) is 0 Å². The van der Waals surface area contributed by atoms with Crippen molar-refractivity contribution >= 4 is 22.9 Å². The number of aromatic nitrogens is 2. The largest absolute Gasteiger partial charge is 0.805 e. The van der Waals surface area contributed by atoms with Gasteiger partial charge in [-0.05, 0) is 42.5 Å². The summed E-state index contributed by atoms with van der Waals surface area (Å²) < 4.78 is 6.68. The molecule has 0 N–H and O–H groups in total. The molecule has 0 radical (unpaired) electrons. The van der Waals surface area contributed by atoms with Crippen molar-refractivity contribution in [2.75, 3.05) is 7.11 Å². The highest BCUT2D eigenvalue weighted by Crippen LogP contribution is 2.23. The maximum Gasteiger partial charge on any atom is 0.295 e. The number of para-hydroxylation sites is 2. The minimum Gasteiger partial charge on any atom is -0.805 e. The Bertz CT molecular complexity index is 1210. The molecule has 0 amide bonds. The molecule has 28 heavy (non-hydrogen) atoms. The Morgan fingerprint density at radius 1 is 0.964 bits per heavy atom. The second-order valence-corrected chi connectivity index (χ2v) is 6.13. The molecule has 6 nitrogen and oxygen atoms in total. The number of hydrogen-bond donors (Lipinski definition) is 0. The van der Waals surface area contributed by atoms with Gasteiger partial charge < -0.3 is 14.7 Å². The molecule has 0 saturated carbocycles. The lowest BCUT2D eigenvalue weighted by molar-refractivity contribution is -0.451. The summed E-state index contributed by atoms with van der Waals surface area (Å²) in [6, 6.07) is 22.9. The fraction of sp³-hybridized carbons (Fsp3) is 0.0455. The van der Waals surface area contributed by atoms with Crippen LogP contribution in [-0.4, -0.2) is 18.1 Å². The highest BCUT2D eigenvalue weighted by Gasteiger charge is 2.22. The second kappa shape index (κ2) is 7.36. The number of benzene rings is 3. The van der Waals surface area contributed by atoms with Crippen molar-refractivity contribution < 1.29 is 9.16 Å². The molecule has 1 aromatic heterocycles. The molecule has 1 heterocycles. The first-order valence-corrected chi connectivity index (χ1v) is 8.70. The molecule has 3 aromatic carbocycles. The molecule has 0 aliphatic carbocycles. The number of nitrogens with zero attached hydrogens (tertiary/aromatic N) is 3. The van der Waals surface area contributed by atoms with E-state index in [0.29, 0.717) is 22.5 Å². The van der Waals surface area contributed by atoms with E-state index < -0.39 is 0 Å². The van der Waals surface area contributed by atoms with Gasteiger partial charge in [0.1, 0.15) is 17.0 Å². The fourth-order valence-corrected chi connectivity index (χ4v) is 3.04. The first kappa shape index (κ1) is 17.5. The summed E-state index contributed by atoms with van der Waals surface area (Å²) in [5.41, 5.74) is 2.31. The van der Waals surface area contributed by atoms with Crippen LogP contribution in [0.2, 0.25) is 0 Å². The third kappa shape index (κ3) is 3.12. The predicted octanol–water partition coefficient (Wildman–Crippen LogP) is 4.33. The van der Waals surface area contributed by atoms with Gasteiger partial charge in [-0.2, -0.15) is 0 Å². The maximum absolute atomic E-state index is 13.1. The molecule has 0 bridgehead atoms. The van der Waals surface area contributed by atoms with Crippen LogP contribution in [0.15, 0.2) is 83.9 Å². The predicted molar refractivity (Wildman–Crippen MR) is 110 cm³/mol. The van der Waals surface area contributed by atoms with Gasteiger partial charge in [-0.3, -0.25) is 4.99 Å². The van der Waals surface area contributed by atoms with Gasteiger partial charge in [-0.15, -0.1) is 0 Å². The number of methoxy groups -OCH3 is 1. The van der Waals surface area contributed by atoms with E-state index in [1.54, 1.807) is 67.8 Å². The quantitative estimate of drug-likeness (QED) is 0.396. The Balaban J connectivity index is 1.94. The van der Waals surface area contributed by atoms with E-state index in [-0.39, 0.29) is 16.9 Å². The van der Waals surface area contributed by atoms with E-state index >= 15 is 0 Å². The maximum atomic E-state index is 13.1. The summed E-state index contributed by atoms with van der Waals surface area (Å²) in [7, 11) is 1.59. The highest BCUT2D eigenvalue weighted by molar-refractivity contribution is 5.90. The Morgan fingerprint density at radius 2 is 1.64 bits per heavy atom. The minimum absolute atomic E-state index is 0.177. The van der Waals surface area contributed by atoms with Crippen molar-refractivity contribution in [3.05, 3.63) is 94.7 Å². The Labute approximate surface area is 161 Å². The monoisotopic (exact) mass is 371 g/mol. The lowest BCUT2D eigenvalue weighted by atomic mass is 10.1. The van der Waals surface area contributed by atoms with E-state index in [9.17, 15) is 10.1 Å². The van der Waals surface area contributed by atoms with Gasteiger partial charge in [0.05, 0.1) is 29.0 Å². The molecule has 0 unspecified atom stereocenters. The molecule has 0 atom stereocenters. The molecule has 4 aromatic rings. The molecule has 0 aliphatic heterocycles. The standard InChI is InChI=1S/C22H17N3O3/c1-28-18-13-11-17(12-14-18)23-15-21-22(16-7-3-2-4-8-16)25(27)20-10-6-5-9-19(20)24(21)26/h2-15H,1H3. The minimum atomic E-state index is 0.177. The van der Waals surface area contributed by atoms with Crippen LogP contribution in [0.3, 0.4) is 0 Å². The molecule has 138 valence electrons. The Hall–Kier alpha value is -3.93. The van der Waals surface area contributed by atoms with Crippen LogP contribution < -0.4 is 9.16 Å². The van der Waals surface area contributed by atoms with Gasteiger partial charge in [0, 0.05) is 11.0 Å². The summed E-state index contributed by atoms with van der Waals surface area (Å²) in [5.74, 6) is 0.714. The first-order valence-electron chi connectivity index (χ1n) is 8.70. The zero-order valence-corrected chi connectivity index (χ0v) is 15.1. The van der Waals surface area contributed by atoms with Crippen LogP contribution >= 0.6 is 0 Å². The molecule has 0 saturated heterocycles. The smallest absolute Gasteiger partial charge is 0.295 e. The lowest BCUT2D eigenvalue weighted by Crippen LogP contribution is -2.25. The second-order valence-electron chi connectivity index (χ2n) is 6.13. The average Bonchev–Trinajstić information content (AvgIpc) is 2.76. The number of fused-ring (bicyclic) bond motifs is 1. The summed E-state index contributed by atoms with van der Waals surface area (Å²) in [5, 5.41) is 13.0. The number of rotatable bonds is 4. The number of aliphatic imine (C=N–C) groups is 1. The molecule has 0 fully saturated rings. The molecule has 4 rings (SSSR count). The third-order valence-electron chi connectivity index (χ3n) is 4.44. The van der Waals surface area contributed by atoms with E-state index in [4.69, 9.17) is 4.74 Å². The third-order valence-corrected chi connectivity index (χ3v) is 4.44. The Kier molecular flexibility index (Phi) is 4.60. The van der Waals surface area contributed by atoms with E-state index in [1.165, 1.54) is 6.21 Å². The van der Waals surface area contributed by atoms with Gasteiger partial charge >= 0.3 is 0 Å². The van der Waals surface area contributed by atoms with Crippen molar-refractivity contribution in [3.63, 3.8) is 0 Å². The normalized spacial score (nSPS) is 11.2. The van der Waals surface area contributed by atoms with Crippen LogP contribution in [0.1, 0.15) is 5.69 Å². The molecule has 0 spiro atoms. The van der Waals surface area contributed by atoms with Gasteiger partial charge in [-0.25, -0.2) is 0 Å². The molecular weight excluding hydrogens is 354 g/mol. The van der Waals surface area contributed by atoms with Crippen molar-refractivity contribution in [2.45, 2.75) is 0 Å². The topological polar surface area (TPSA) is 72.5 Å². The van der Waals surface area contributed by atoms with Crippen molar-refractivity contribution in [1.29, 1.82) is 0 Å². The van der Waals surface area contributed by atoms with Crippen molar-refractivity contribution in [1.82, 2.24) is 4.73 Å². The lowest BCUT2D eigenvalue weighted by Gasteiger charge is -2.16. The summed E-state index contributed by atoms with van der Waals surface area (Å²) in [6.45, 7) is 0. The summed E-state index contributed by atoms with van der Waals surface area (Å²) in [4.78, 5) is 17.5. The fourth-order valence-electron chi connectivity index (χ4n) is 3.04. The summed E-state index contributed by atoms with van der Waals surface area (Å²) >= 11 is 0. The van der Waals surface area contributed by atoms with Crippen LogP contribution in [0, 0.1) is 10.1 Å². The SMILES string of the molecule is COc1ccc(N=Cc2c(-c3ccccc3)[n+](=O)c3ccccc3n2[O-])cc1. The Morgan fingerprint density at radius 3 is 2.36 bits per heavy atom. The zero-order valence-electron chi connectivity index (χ0n) is 15.1. The van der Waals surface area contributed by atoms with E-state index in [2.05, 4.69) is 4.99 Å². The molecule has 0 aliphatic rings. The number of ether oxygens (including phenoxy) is 1. The van der Waals surface area contributed by atoms with Crippen LogP contribution in [0.5, 0.6) is 5.75 Å². The van der Waals surface area contributed by atoms with Crippen LogP contribution in [0.4, 0.5) is 5.69 Å². The van der Waals surface area contributed by atoms with Crippen molar-refractivity contribution in [2.24, 2.45) is 4.99 Å². The average molecular weight is 371 g/mol. The van der Waals surface area contributed by atoms with E-state index in [0.717, 1.165) is 9.16 Å². The number of hydrogen-bond acceptors (Lipinski definition) is 4. The van der Waals surface area contributed by atoms with Crippen LogP contribution in [0.25, 0.3) is 22.3 Å². The van der Waals surface area contributed by atoms with Gasteiger partial charge in [0.2, 0.25) is 0 Å². The zero-order chi connectivity index (χ0) is 19.5. The van der Waals surface area contributed by atoms with E-state index in [1.807, 2.05) is 18.2 Å². The molecule has 6 heteroatoms. The first-order chi connectivity index (χ1) is 13.7. The highest BCUT2D eigenvalue weighted by atomic mass is 16.5. The summed E-state index contributed by atoms with van der Waals surface area (Å²) in [6.07, 6.45) is 1.43. The van der Waals surface area contributed by atoms with Crippen LogP contribution in [-0.2, 0) is 0 Å². The van der Waals surface area contributed by atoms with Crippen molar-refractivity contribution in [3.8, 4) is 17.0 Å².